The van der Waals surface area contributed by atoms with Crippen molar-refractivity contribution in [1.29, 1.82) is 0 Å². The summed E-state index contributed by atoms with van der Waals surface area (Å²) in [5.41, 5.74) is 3.92. The second-order valence-corrected chi connectivity index (χ2v) is 6.17. The van der Waals surface area contributed by atoms with Gasteiger partial charge in [0.1, 0.15) is 0 Å². The van der Waals surface area contributed by atoms with Gasteiger partial charge in [-0.25, -0.2) is 0 Å². The molecule has 0 amide bonds. The number of hydrogen-bond acceptors (Lipinski definition) is 2. The van der Waals surface area contributed by atoms with Gasteiger partial charge in [0.25, 0.3) is 0 Å². The summed E-state index contributed by atoms with van der Waals surface area (Å²) in [6.07, 6.45) is 8.14. The van der Waals surface area contributed by atoms with E-state index in [1.54, 1.807) is 0 Å². The average molecular weight is 257 g/mol. The van der Waals surface area contributed by atoms with Crippen LogP contribution in [0.1, 0.15) is 37.5 Å². The van der Waals surface area contributed by atoms with Gasteiger partial charge in [0.15, 0.2) is 0 Å². The summed E-state index contributed by atoms with van der Waals surface area (Å²) in [4.78, 5) is 4.23. The molecule has 2 rings (SSSR count). The predicted molar refractivity (Wildman–Crippen MR) is 79.1 cm³/mol. The Kier molecular flexibility index (Phi) is 4.05. The van der Waals surface area contributed by atoms with Gasteiger partial charge in [-0.3, -0.25) is 4.98 Å². The minimum Gasteiger partial charge on any atom is -0.350 e. The van der Waals surface area contributed by atoms with Gasteiger partial charge in [0, 0.05) is 43.4 Å². The van der Waals surface area contributed by atoms with E-state index in [-0.39, 0.29) is 5.54 Å². The monoisotopic (exact) mass is 257 g/mol. The maximum Gasteiger partial charge on any atom is 0.0485 e. The Morgan fingerprint density at radius 2 is 2.00 bits per heavy atom. The lowest BCUT2D eigenvalue weighted by Crippen LogP contribution is -2.34. The highest BCUT2D eigenvalue weighted by atomic mass is 15.0. The number of hydrogen-bond donors (Lipinski definition) is 1. The highest BCUT2D eigenvalue weighted by molar-refractivity contribution is 5.18. The highest BCUT2D eigenvalue weighted by Crippen LogP contribution is 2.08. The third-order valence-electron chi connectivity index (χ3n) is 2.93. The molecule has 0 fully saturated rings. The molecule has 0 atom stereocenters. The normalized spacial score (nSPS) is 11.8. The molecule has 2 heterocycles. The van der Waals surface area contributed by atoms with Gasteiger partial charge in [0.2, 0.25) is 0 Å². The minimum atomic E-state index is 0.155. The van der Waals surface area contributed by atoms with E-state index >= 15 is 0 Å². The SMILES string of the molecule is Cc1cncc(Cn2ccc(CNC(C)(C)C)c2)c1. The van der Waals surface area contributed by atoms with Crippen molar-refractivity contribution in [2.45, 2.75) is 46.3 Å². The standard InChI is InChI=1S/C16H23N3/c1-13-7-15(9-17-8-13)12-19-6-5-14(11-19)10-18-16(2,3)4/h5-9,11,18H,10,12H2,1-4H3. The second-order valence-electron chi connectivity index (χ2n) is 6.17. The zero-order valence-electron chi connectivity index (χ0n) is 12.3. The van der Waals surface area contributed by atoms with Gasteiger partial charge in [-0.15, -0.1) is 0 Å². The second kappa shape index (κ2) is 5.57. The molecule has 0 spiro atoms. The van der Waals surface area contributed by atoms with E-state index in [2.05, 4.69) is 67.1 Å². The van der Waals surface area contributed by atoms with Crippen LogP contribution in [0.3, 0.4) is 0 Å². The van der Waals surface area contributed by atoms with Gasteiger partial charge in [-0.1, -0.05) is 6.07 Å². The molecule has 19 heavy (non-hydrogen) atoms. The van der Waals surface area contributed by atoms with E-state index in [0.29, 0.717) is 0 Å². The Morgan fingerprint density at radius 1 is 1.21 bits per heavy atom. The molecule has 2 aromatic heterocycles. The molecule has 0 unspecified atom stereocenters. The van der Waals surface area contributed by atoms with E-state index in [1.807, 2.05) is 12.4 Å². The topological polar surface area (TPSA) is 29.9 Å². The number of aryl methyl sites for hydroxylation is 1. The number of nitrogens with one attached hydrogen (secondary N) is 1. The molecule has 0 bridgehead atoms. The summed E-state index contributed by atoms with van der Waals surface area (Å²) in [5, 5.41) is 3.50. The summed E-state index contributed by atoms with van der Waals surface area (Å²) in [6, 6.07) is 4.35. The van der Waals surface area contributed by atoms with E-state index < -0.39 is 0 Å². The Hall–Kier alpha value is -1.61. The Bertz CT molecular complexity index is 535. The van der Waals surface area contributed by atoms with Crippen LogP contribution in [0.4, 0.5) is 0 Å². The molecule has 0 radical (unpaired) electrons. The first-order valence-corrected chi connectivity index (χ1v) is 6.73. The molecule has 0 saturated heterocycles. The first kappa shape index (κ1) is 13.8. The lowest BCUT2D eigenvalue weighted by Gasteiger charge is -2.19. The maximum atomic E-state index is 4.23. The summed E-state index contributed by atoms with van der Waals surface area (Å²) in [5.74, 6) is 0. The van der Waals surface area contributed by atoms with Crippen molar-refractivity contribution in [3.63, 3.8) is 0 Å². The van der Waals surface area contributed by atoms with Crippen molar-refractivity contribution in [2.24, 2.45) is 0 Å². The zero-order chi connectivity index (χ0) is 13.9. The molecule has 1 N–H and O–H groups in total. The zero-order valence-corrected chi connectivity index (χ0v) is 12.3. The molecule has 0 aromatic carbocycles. The molecule has 0 saturated carbocycles. The molecule has 0 aliphatic heterocycles. The molecular weight excluding hydrogens is 234 g/mol. The van der Waals surface area contributed by atoms with Crippen LogP contribution in [-0.2, 0) is 13.1 Å². The molecule has 3 heteroatoms. The summed E-state index contributed by atoms with van der Waals surface area (Å²) < 4.78 is 2.20. The fraction of sp³-hybridized carbons (Fsp3) is 0.438. The number of rotatable bonds is 4. The molecule has 0 aliphatic rings. The van der Waals surface area contributed by atoms with Gasteiger partial charge in [0.05, 0.1) is 0 Å². The van der Waals surface area contributed by atoms with Crippen molar-refractivity contribution in [1.82, 2.24) is 14.9 Å². The molecule has 102 valence electrons. The fourth-order valence-corrected chi connectivity index (χ4v) is 1.98. The number of nitrogens with zero attached hydrogens (tertiary/aromatic N) is 2. The predicted octanol–water partition coefficient (Wildman–Crippen LogP) is 3.13. The van der Waals surface area contributed by atoms with Crippen molar-refractivity contribution in [2.75, 3.05) is 0 Å². The van der Waals surface area contributed by atoms with Gasteiger partial charge < -0.3 is 9.88 Å². The lowest BCUT2D eigenvalue weighted by atomic mass is 10.1. The summed E-state index contributed by atoms with van der Waals surface area (Å²) >= 11 is 0. The Labute approximate surface area is 115 Å². The first-order valence-electron chi connectivity index (χ1n) is 6.73. The third kappa shape index (κ3) is 4.52. The van der Waals surface area contributed by atoms with Crippen LogP contribution in [0.5, 0.6) is 0 Å². The molecular formula is C16H23N3. The first-order chi connectivity index (χ1) is 8.92. The Balaban J connectivity index is 1.97. The number of aromatic nitrogens is 2. The molecule has 3 nitrogen and oxygen atoms in total. The van der Waals surface area contributed by atoms with Gasteiger partial charge in [-0.05, 0) is 50.5 Å². The van der Waals surface area contributed by atoms with Crippen LogP contribution in [0, 0.1) is 6.92 Å². The van der Waals surface area contributed by atoms with Crippen LogP contribution in [0.15, 0.2) is 36.9 Å². The van der Waals surface area contributed by atoms with Crippen molar-refractivity contribution >= 4 is 0 Å². The lowest BCUT2D eigenvalue weighted by molar-refractivity contribution is 0.424. The van der Waals surface area contributed by atoms with E-state index in [4.69, 9.17) is 0 Å². The van der Waals surface area contributed by atoms with Gasteiger partial charge in [-0.2, -0.15) is 0 Å². The van der Waals surface area contributed by atoms with Crippen LogP contribution >= 0.6 is 0 Å². The smallest absolute Gasteiger partial charge is 0.0485 e. The third-order valence-corrected chi connectivity index (χ3v) is 2.93. The minimum absolute atomic E-state index is 0.155. The van der Waals surface area contributed by atoms with E-state index in [9.17, 15) is 0 Å². The summed E-state index contributed by atoms with van der Waals surface area (Å²) in [6.45, 7) is 10.4. The van der Waals surface area contributed by atoms with Crippen LogP contribution in [0.2, 0.25) is 0 Å². The van der Waals surface area contributed by atoms with Crippen LogP contribution in [-0.4, -0.2) is 15.1 Å². The average Bonchev–Trinajstić information content (AvgIpc) is 2.73. The van der Waals surface area contributed by atoms with Crippen molar-refractivity contribution in [3.8, 4) is 0 Å². The van der Waals surface area contributed by atoms with Gasteiger partial charge >= 0.3 is 0 Å². The van der Waals surface area contributed by atoms with Crippen molar-refractivity contribution in [3.05, 3.63) is 53.6 Å². The van der Waals surface area contributed by atoms with E-state index in [1.165, 1.54) is 16.7 Å². The van der Waals surface area contributed by atoms with Crippen molar-refractivity contribution < 1.29 is 0 Å². The molecule has 2 aromatic rings. The maximum absolute atomic E-state index is 4.23. The highest BCUT2D eigenvalue weighted by Gasteiger charge is 2.08. The van der Waals surface area contributed by atoms with Crippen LogP contribution < -0.4 is 5.32 Å². The fourth-order valence-electron chi connectivity index (χ4n) is 1.98. The quantitative estimate of drug-likeness (QED) is 0.912. The van der Waals surface area contributed by atoms with Crippen LogP contribution in [0.25, 0.3) is 0 Å². The molecule has 0 aliphatic carbocycles. The van der Waals surface area contributed by atoms with E-state index in [0.717, 1.165) is 13.1 Å². The number of pyridine rings is 1. The Morgan fingerprint density at radius 3 is 2.68 bits per heavy atom. The summed E-state index contributed by atoms with van der Waals surface area (Å²) in [7, 11) is 0. The largest absolute Gasteiger partial charge is 0.350 e.